The Morgan fingerprint density at radius 1 is 1.42 bits per heavy atom. The van der Waals surface area contributed by atoms with Crippen LogP contribution in [0.1, 0.15) is 22.5 Å². The van der Waals surface area contributed by atoms with Gasteiger partial charge in [0, 0.05) is 38.4 Å². The topological polar surface area (TPSA) is 71.5 Å². The standard InChI is InChI=1S/C16H21N5O2S/c1-11-19-12(10-24-11)8-14(22)21-6-7-23-13(9-21)15-16(20(2)3)18-5-4-17-15/h4-5,10,13H,6-9H2,1-3H3. The van der Waals surface area contributed by atoms with Gasteiger partial charge in [-0.25, -0.2) is 9.97 Å². The summed E-state index contributed by atoms with van der Waals surface area (Å²) in [5.41, 5.74) is 1.60. The van der Waals surface area contributed by atoms with Gasteiger partial charge < -0.3 is 14.5 Å². The zero-order chi connectivity index (χ0) is 17.1. The third kappa shape index (κ3) is 3.70. The van der Waals surface area contributed by atoms with Crippen molar-refractivity contribution < 1.29 is 9.53 Å². The largest absolute Gasteiger partial charge is 0.368 e. The van der Waals surface area contributed by atoms with Gasteiger partial charge in [0.05, 0.1) is 30.3 Å². The van der Waals surface area contributed by atoms with E-state index >= 15 is 0 Å². The summed E-state index contributed by atoms with van der Waals surface area (Å²) in [5.74, 6) is 0.843. The van der Waals surface area contributed by atoms with Gasteiger partial charge in [-0.15, -0.1) is 11.3 Å². The van der Waals surface area contributed by atoms with Crippen molar-refractivity contribution in [1.82, 2.24) is 19.9 Å². The lowest BCUT2D eigenvalue weighted by atomic mass is 10.1. The maximum Gasteiger partial charge on any atom is 0.228 e. The van der Waals surface area contributed by atoms with E-state index in [1.165, 1.54) is 0 Å². The normalized spacial score (nSPS) is 17.8. The summed E-state index contributed by atoms with van der Waals surface area (Å²) in [6.07, 6.45) is 3.39. The number of rotatable bonds is 4. The lowest BCUT2D eigenvalue weighted by molar-refractivity contribution is -0.138. The summed E-state index contributed by atoms with van der Waals surface area (Å²) in [6, 6.07) is 0. The number of aromatic nitrogens is 3. The minimum Gasteiger partial charge on any atom is -0.368 e. The van der Waals surface area contributed by atoms with E-state index in [0.717, 1.165) is 22.2 Å². The van der Waals surface area contributed by atoms with E-state index in [1.807, 2.05) is 36.2 Å². The van der Waals surface area contributed by atoms with Crippen molar-refractivity contribution in [3.05, 3.63) is 34.2 Å². The van der Waals surface area contributed by atoms with Crippen LogP contribution in [0.25, 0.3) is 0 Å². The molecule has 1 atom stereocenters. The van der Waals surface area contributed by atoms with Crippen LogP contribution in [-0.4, -0.2) is 59.6 Å². The van der Waals surface area contributed by atoms with Crippen LogP contribution >= 0.6 is 11.3 Å². The van der Waals surface area contributed by atoms with Crippen LogP contribution in [0.4, 0.5) is 5.82 Å². The lowest BCUT2D eigenvalue weighted by Crippen LogP contribution is -2.43. The Morgan fingerprint density at radius 3 is 2.92 bits per heavy atom. The van der Waals surface area contributed by atoms with Crippen molar-refractivity contribution in [3.8, 4) is 0 Å². The van der Waals surface area contributed by atoms with E-state index in [9.17, 15) is 4.79 Å². The Morgan fingerprint density at radius 2 is 2.21 bits per heavy atom. The molecule has 8 heteroatoms. The summed E-state index contributed by atoms with van der Waals surface area (Å²) < 4.78 is 5.85. The quantitative estimate of drug-likeness (QED) is 0.834. The smallest absolute Gasteiger partial charge is 0.228 e. The summed E-state index contributed by atoms with van der Waals surface area (Å²) in [4.78, 5) is 29.5. The van der Waals surface area contributed by atoms with Crippen molar-refractivity contribution in [1.29, 1.82) is 0 Å². The van der Waals surface area contributed by atoms with Gasteiger partial charge in [-0.2, -0.15) is 0 Å². The van der Waals surface area contributed by atoms with E-state index in [4.69, 9.17) is 4.74 Å². The van der Waals surface area contributed by atoms with Gasteiger partial charge in [-0.05, 0) is 6.92 Å². The number of aryl methyl sites for hydroxylation is 1. The molecule has 0 aliphatic carbocycles. The van der Waals surface area contributed by atoms with E-state index in [0.29, 0.717) is 26.1 Å². The Bertz CT molecular complexity index is 718. The van der Waals surface area contributed by atoms with Crippen LogP contribution in [0, 0.1) is 6.92 Å². The molecule has 3 heterocycles. The molecule has 0 bridgehead atoms. The van der Waals surface area contributed by atoms with Gasteiger partial charge in [0.1, 0.15) is 11.8 Å². The number of nitrogens with zero attached hydrogens (tertiary/aromatic N) is 5. The summed E-state index contributed by atoms with van der Waals surface area (Å²) >= 11 is 1.57. The van der Waals surface area contributed by atoms with Crippen LogP contribution in [-0.2, 0) is 16.0 Å². The fraction of sp³-hybridized carbons (Fsp3) is 0.500. The molecule has 1 fully saturated rings. The van der Waals surface area contributed by atoms with Crippen LogP contribution in [0.15, 0.2) is 17.8 Å². The minimum atomic E-state index is -0.258. The Labute approximate surface area is 145 Å². The number of carbonyl (C=O) groups is 1. The maximum absolute atomic E-state index is 12.6. The number of hydrogen-bond acceptors (Lipinski definition) is 7. The second-order valence-electron chi connectivity index (χ2n) is 5.89. The molecule has 0 aromatic carbocycles. The van der Waals surface area contributed by atoms with Crippen molar-refractivity contribution in [3.63, 3.8) is 0 Å². The zero-order valence-corrected chi connectivity index (χ0v) is 14.9. The summed E-state index contributed by atoms with van der Waals surface area (Å²) in [5, 5.41) is 2.92. The molecule has 2 aromatic rings. The van der Waals surface area contributed by atoms with Gasteiger partial charge in [0.25, 0.3) is 0 Å². The average Bonchev–Trinajstić information content (AvgIpc) is 2.99. The molecular weight excluding hydrogens is 326 g/mol. The predicted octanol–water partition coefficient (Wildman–Crippen LogP) is 1.45. The molecule has 0 radical (unpaired) electrons. The minimum absolute atomic E-state index is 0.0730. The van der Waals surface area contributed by atoms with E-state index in [2.05, 4.69) is 15.0 Å². The first-order chi connectivity index (χ1) is 11.5. The summed E-state index contributed by atoms with van der Waals surface area (Å²) in [7, 11) is 3.84. The molecule has 1 amide bonds. The van der Waals surface area contributed by atoms with Gasteiger partial charge in [0.2, 0.25) is 5.91 Å². The fourth-order valence-electron chi connectivity index (χ4n) is 2.71. The predicted molar refractivity (Wildman–Crippen MR) is 92.2 cm³/mol. The van der Waals surface area contributed by atoms with Crippen molar-refractivity contribution in [2.45, 2.75) is 19.4 Å². The SMILES string of the molecule is Cc1nc(CC(=O)N2CCOC(c3nccnc3N(C)C)C2)cs1. The highest BCUT2D eigenvalue weighted by Gasteiger charge is 2.29. The first kappa shape index (κ1) is 16.8. The van der Waals surface area contributed by atoms with Gasteiger partial charge in [0.15, 0.2) is 5.82 Å². The number of hydrogen-bond donors (Lipinski definition) is 0. The van der Waals surface area contributed by atoms with Gasteiger partial charge in [-0.3, -0.25) is 9.78 Å². The van der Waals surface area contributed by atoms with Crippen molar-refractivity contribution in [2.24, 2.45) is 0 Å². The average molecular weight is 347 g/mol. The first-order valence-corrected chi connectivity index (χ1v) is 8.71. The van der Waals surface area contributed by atoms with E-state index in [1.54, 1.807) is 23.7 Å². The van der Waals surface area contributed by atoms with E-state index in [-0.39, 0.29) is 12.0 Å². The summed E-state index contributed by atoms with van der Waals surface area (Å²) in [6.45, 7) is 3.52. The number of ether oxygens (including phenoxy) is 1. The van der Waals surface area contributed by atoms with Crippen LogP contribution < -0.4 is 4.90 Å². The van der Waals surface area contributed by atoms with Crippen LogP contribution in [0.2, 0.25) is 0 Å². The van der Waals surface area contributed by atoms with Crippen LogP contribution in [0.3, 0.4) is 0 Å². The molecule has 1 unspecified atom stereocenters. The molecular formula is C16H21N5O2S. The number of anilines is 1. The molecule has 3 rings (SSSR count). The molecule has 24 heavy (non-hydrogen) atoms. The molecule has 128 valence electrons. The molecule has 2 aromatic heterocycles. The molecule has 1 aliphatic rings. The molecule has 0 N–H and O–H groups in total. The molecule has 0 spiro atoms. The first-order valence-electron chi connectivity index (χ1n) is 7.83. The lowest BCUT2D eigenvalue weighted by Gasteiger charge is -2.33. The van der Waals surface area contributed by atoms with Crippen molar-refractivity contribution in [2.75, 3.05) is 38.7 Å². The number of amides is 1. The van der Waals surface area contributed by atoms with Gasteiger partial charge >= 0.3 is 0 Å². The van der Waals surface area contributed by atoms with Gasteiger partial charge in [-0.1, -0.05) is 0 Å². The second kappa shape index (κ2) is 7.23. The molecule has 7 nitrogen and oxygen atoms in total. The van der Waals surface area contributed by atoms with E-state index < -0.39 is 0 Å². The monoisotopic (exact) mass is 347 g/mol. The van der Waals surface area contributed by atoms with Crippen molar-refractivity contribution >= 4 is 23.1 Å². The third-order valence-corrected chi connectivity index (χ3v) is 4.68. The zero-order valence-electron chi connectivity index (χ0n) is 14.1. The highest BCUT2D eigenvalue weighted by molar-refractivity contribution is 7.09. The second-order valence-corrected chi connectivity index (χ2v) is 6.96. The Hall–Kier alpha value is -2.06. The Balaban J connectivity index is 1.71. The molecule has 1 aliphatic heterocycles. The van der Waals surface area contributed by atoms with Crippen LogP contribution in [0.5, 0.6) is 0 Å². The fourth-order valence-corrected chi connectivity index (χ4v) is 3.32. The Kier molecular flexibility index (Phi) is 5.06. The molecule has 0 saturated carbocycles. The third-order valence-electron chi connectivity index (χ3n) is 3.85. The maximum atomic E-state index is 12.6. The number of thiazole rings is 1. The number of carbonyl (C=O) groups excluding carboxylic acids is 1. The molecule has 1 saturated heterocycles. The number of morpholine rings is 1. The highest BCUT2D eigenvalue weighted by Crippen LogP contribution is 2.26. The highest BCUT2D eigenvalue weighted by atomic mass is 32.1.